The van der Waals surface area contributed by atoms with Crippen molar-refractivity contribution in [1.82, 2.24) is 14.8 Å². The lowest BCUT2D eigenvalue weighted by atomic mass is 9.80. The summed E-state index contributed by atoms with van der Waals surface area (Å²) in [5, 5.41) is 12.3. The van der Waals surface area contributed by atoms with E-state index >= 15 is 0 Å². The van der Waals surface area contributed by atoms with Crippen molar-refractivity contribution in [2.45, 2.75) is 24.4 Å². The molecule has 2 atom stereocenters. The van der Waals surface area contributed by atoms with Gasteiger partial charge in [-0.15, -0.1) is 0 Å². The third-order valence-corrected chi connectivity index (χ3v) is 6.02. The molecule has 3 N–H and O–H groups in total. The second kappa shape index (κ2) is 8.97. The predicted octanol–water partition coefficient (Wildman–Crippen LogP) is 2.65. The second-order valence-electron chi connectivity index (χ2n) is 7.94. The minimum atomic E-state index is -1.47. The molecule has 0 radical (unpaired) electrons. The third kappa shape index (κ3) is 3.81. The highest BCUT2D eigenvalue weighted by Gasteiger charge is 2.52. The summed E-state index contributed by atoms with van der Waals surface area (Å²) in [7, 11) is 1.54. The van der Waals surface area contributed by atoms with Crippen molar-refractivity contribution in [1.29, 1.82) is 0 Å². The molecule has 10 heteroatoms. The zero-order valence-corrected chi connectivity index (χ0v) is 18.0. The van der Waals surface area contributed by atoms with Crippen LogP contribution >= 0.6 is 0 Å². The van der Waals surface area contributed by atoms with E-state index in [2.05, 4.69) is 15.1 Å². The molecular formula is C23H24F2N6O2. The molecule has 0 saturated carbocycles. The fraction of sp³-hybridized carbons (Fsp3) is 0.304. The van der Waals surface area contributed by atoms with Crippen molar-refractivity contribution in [2.24, 2.45) is 15.9 Å². The molecule has 2 aromatic rings. The van der Waals surface area contributed by atoms with Crippen LogP contribution in [-0.4, -0.2) is 64.4 Å². The molecule has 4 rings (SSSR count). The van der Waals surface area contributed by atoms with E-state index in [4.69, 9.17) is 10.9 Å². The van der Waals surface area contributed by atoms with Gasteiger partial charge < -0.3 is 15.8 Å². The molecule has 1 aromatic heterocycles. The number of nitrogens with zero attached hydrogens (tertiary/aromatic N) is 5. The number of hydrogen-bond donors (Lipinski definition) is 2. The Morgan fingerprint density at radius 1 is 1.36 bits per heavy atom. The topological polar surface area (TPSA) is 107 Å². The summed E-state index contributed by atoms with van der Waals surface area (Å²) >= 11 is 0. The predicted molar refractivity (Wildman–Crippen MR) is 120 cm³/mol. The van der Waals surface area contributed by atoms with Gasteiger partial charge in [-0.3, -0.25) is 14.1 Å². The number of alkyl halides is 1. The largest absolute Gasteiger partial charge is 0.411 e. The Bertz CT molecular complexity index is 1150. The van der Waals surface area contributed by atoms with Crippen LogP contribution in [0.3, 0.4) is 0 Å². The number of carbonyl (C=O) groups excluding carboxylic acids is 1. The maximum atomic E-state index is 14.4. The Hall–Kier alpha value is -3.82. The number of aromatic nitrogens is 1. The van der Waals surface area contributed by atoms with Crippen LogP contribution in [0.5, 0.6) is 0 Å². The smallest absolute Gasteiger partial charge is 0.266 e. The van der Waals surface area contributed by atoms with Gasteiger partial charge >= 0.3 is 0 Å². The Morgan fingerprint density at radius 2 is 2.18 bits per heavy atom. The van der Waals surface area contributed by atoms with Crippen LogP contribution in [0.1, 0.15) is 18.4 Å². The highest BCUT2D eigenvalue weighted by atomic mass is 19.1. The first-order chi connectivity index (χ1) is 15.9. The van der Waals surface area contributed by atoms with E-state index in [0.717, 1.165) is 0 Å². The van der Waals surface area contributed by atoms with E-state index < -0.39 is 18.2 Å². The van der Waals surface area contributed by atoms with Gasteiger partial charge in [-0.2, -0.15) is 4.39 Å². The number of aliphatic imine (C=N–C) groups is 1. The number of halogens is 2. The lowest BCUT2D eigenvalue weighted by Gasteiger charge is -2.27. The molecule has 172 valence electrons. The number of benzene rings is 1. The van der Waals surface area contributed by atoms with Crippen LogP contribution < -0.4 is 5.73 Å². The normalized spacial score (nSPS) is 22.9. The van der Waals surface area contributed by atoms with Gasteiger partial charge in [0.15, 0.2) is 11.5 Å². The number of hydrogen-bond acceptors (Lipinski definition) is 7. The number of oxime groups is 1. The van der Waals surface area contributed by atoms with Crippen molar-refractivity contribution in [3.8, 4) is 11.1 Å². The van der Waals surface area contributed by atoms with Crippen molar-refractivity contribution in [2.75, 3.05) is 20.3 Å². The zero-order valence-electron chi connectivity index (χ0n) is 18.0. The van der Waals surface area contributed by atoms with Gasteiger partial charge in [0.05, 0.1) is 18.9 Å². The van der Waals surface area contributed by atoms with E-state index in [1.807, 2.05) is 4.90 Å². The lowest BCUT2D eigenvalue weighted by molar-refractivity contribution is -0.129. The standard InChI is InChI=1S/C23H24F2N6O2/c1-30-21(32)23(29-22(30)26,17-12-18(13-28-33)31(14-17)10-4-8-24)16-6-2-5-15(11-16)19-7-3-9-27-20(19)25/h2-3,5-7,9,11,13-14,18,33H,4,8,10,12H2,1H3,(H2,26,29)/b28-13+. The first-order valence-electron chi connectivity index (χ1n) is 10.5. The molecule has 0 fully saturated rings. The maximum Gasteiger partial charge on any atom is 0.266 e. The molecule has 1 amide bonds. The Balaban J connectivity index is 1.85. The molecule has 2 aliphatic rings. The molecular weight excluding hydrogens is 430 g/mol. The summed E-state index contributed by atoms with van der Waals surface area (Å²) in [5.41, 5.74) is 6.55. The molecule has 8 nitrogen and oxygen atoms in total. The molecule has 0 spiro atoms. The van der Waals surface area contributed by atoms with Gasteiger partial charge in [0.1, 0.15) is 0 Å². The molecule has 2 unspecified atom stereocenters. The number of guanidine groups is 1. The van der Waals surface area contributed by atoms with Crippen molar-refractivity contribution < 1.29 is 18.8 Å². The molecule has 0 aliphatic carbocycles. The number of pyridine rings is 1. The van der Waals surface area contributed by atoms with Crippen LogP contribution in [0, 0.1) is 5.95 Å². The average Bonchev–Trinajstić information content (AvgIpc) is 3.33. The van der Waals surface area contributed by atoms with Gasteiger partial charge in [-0.1, -0.05) is 23.4 Å². The third-order valence-electron chi connectivity index (χ3n) is 6.02. The molecule has 3 heterocycles. The minimum absolute atomic E-state index is 0.0495. The highest BCUT2D eigenvalue weighted by molar-refractivity contribution is 6.09. The van der Waals surface area contributed by atoms with E-state index in [-0.39, 0.29) is 24.3 Å². The van der Waals surface area contributed by atoms with Crippen LogP contribution in [-0.2, 0) is 10.3 Å². The van der Waals surface area contributed by atoms with E-state index in [1.54, 1.807) is 42.6 Å². The number of likely N-dealkylation sites (N-methyl/N-ethyl adjacent to an activating group) is 1. The number of nitrogens with two attached hydrogens (primary N) is 1. The van der Waals surface area contributed by atoms with Gasteiger partial charge in [-0.05, 0) is 47.7 Å². The van der Waals surface area contributed by atoms with E-state index in [1.165, 1.54) is 24.4 Å². The van der Waals surface area contributed by atoms with E-state index in [0.29, 0.717) is 35.2 Å². The Labute approximate surface area is 189 Å². The van der Waals surface area contributed by atoms with Crippen molar-refractivity contribution in [3.05, 3.63) is 65.9 Å². The maximum absolute atomic E-state index is 14.4. The summed E-state index contributed by atoms with van der Waals surface area (Å²) in [6.45, 7) is -0.129. The lowest BCUT2D eigenvalue weighted by Crippen LogP contribution is -2.41. The molecule has 0 bridgehead atoms. The summed E-state index contributed by atoms with van der Waals surface area (Å²) in [4.78, 5) is 25.0. The average molecular weight is 454 g/mol. The summed E-state index contributed by atoms with van der Waals surface area (Å²) in [6, 6.07) is 9.76. The Morgan fingerprint density at radius 3 is 2.85 bits per heavy atom. The molecule has 1 aromatic carbocycles. The van der Waals surface area contributed by atoms with Gasteiger partial charge in [0, 0.05) is 31.6 Å². The van der Waals surface area contributed by atoms with Gasteiger partial charge in [0.25, 0.3) is 5.91 Å². The monoisotopic (exact) mass is 454 g/mol. The quantitative estimate of drug-likeness (QED) is 0.290. The fourth-order valence-electron chi connectivity index (χ4n) is 4.36. The first-order valence-corrected chi connectivity index (χ1v) is 10.5. The van der Waals surface area contributed by atoms with E-state index in [9.17, 15) is 13.6 Å². The SMILES string of the molecule is CN1C(=O)C(C2=CN(CCCF)C(/C=N/O)C2)(c2cccc(-c3cccnc3F)c2)N=C1N. The summed E-state index contributed by atoms with van der Waals surface area (Å²) < 4.78 is 27.2. The Kier molecular flexibility index (Phi) is 6.08. The summed E-state index contributed by atoms with van der Waals surface area (Å²) in [6.07, 6.45) is 5.06. The molecule has 33 heavy (non-hydrogen) atoms. The van der Waals surface area contributed by atoms with Crippen molar-refractivity contribution in [3.63, 3.8) is 0 Å². The van der Waals surface area contributed by atoms with Gasteiger partial charge in [-0.25, -0.2) is 9.98 Å². The van der Waals surface area contributed by atoms with Crippen LogP contribution in [0.4, 0.5) is 8.78 Å². The molecule has 2 aliphatic heterocycles. The summed E-state index contributed by atoms with van der Waals surface area (Å²) in [5.74, 6) is -0.936. The zero-order chi connectivity index (χ0) is 23.6. The van der Waals surface area contributed by atoms with Crippen LogP contribution in [0.2, 0.25) is 0 Å². The minimum Gasteiger partial charge on any atom is -0.411 e. The number of carbonyl (C=O) groups is 1. The second-order valence-corrected chi connectivity index (χ2v) is 7.94. The van der Waals surface area contributed by atoms with Crippen LogP contribution in [0.15, 0.2) is 64.5 Å². The van der Waals surface area contributed by atoms with Crippen LogP contribution in [0.25, 0.3) is 11.1 Å². The van der Waals surface area contributed by atoms with Crippen molar-refractivity contribution >= 4 is 18.1 Å². The number of rotatable bonds is 7. The highest BCUT2D eigenvalue weighted by Crippen LogP contribution is 2.45. The first kappa shape index (κ1) is 22.4. The number of amides is 1. The fourth-order valence-corrected chi connectivity index (χ4v) is 4.36. The van der Waals surface area contributed by atoms with Gasteiger partial charge in [0.2, 0.25) is 5.95 Å². The molecule has 0 saturated heterocycles.